The van der Waals surface area contributed by atoms with E-state index in [1.54, 1.807) is 18.5 Å². The second-order valence-corrected chi connectivity index (χ2v) is 11.9. The molecular weight excluding hydrogens is 557 g/mol. The first kappa shape index (κ1) is 27.5. The Labute approximate surface area is 241 Å². The molecule has 0 saturated heterocycles. The third-order valence-corrected chi connectivity index (χ3v) is 7.56. The molecule has 214 valence electrons. The Bertz CT molecular complexity index is 2040. The fraction of sp³-hybridized carbons (Fsp3) is 0.167. The van der Waals surface area contributed by atoms with E-state index in [9.17, 15) is 17.9 Å². The topological polar surface area (TPSA) is 149 Å². The molecule has 10 nitrogen and oxygen atoms in total. The van der Waals surface area contributed by atoms with Crippen molar-refractivity contribution in [2.45, 2.75) is 26.1 Å². The van der Waals surface area contributed by atoms with Crippen molar-refractivity contribution in [1.29, 1.82) is 0 Å². The van der Waals surface area contributed by atoms with Crippen LogP contribution in [-0.4, -0.2) is 51.2 Å². The van der Waals surface area contributed by atoms with Crippen molar-refractivity contribution >= 4 is 37.6 Å². The largest absolute Gasteiger partial charge is 0.374 e. The molecule has 0 amide bonds. The minimum absolute atomic E-state index is 0.0150. The normalized spacial score (nSPS) is 12.7. The molecule has 6 rings (SSSR count). The summed E-state index contributed by atoms with van der Waals surface area (Å²) >= 11 is 0. The van der Waals surface area contributed by atoms with Crippen molar-refractivity contribution < 1.29 is 17.9 Å². The van der Waals surface area contributed by atoms with E-state index in [-0.39, 0.29) is 6.54 Å². The number of rotatable bonds is 9. The number of sulfonamides is 1. The number of aliphatic hydroxyl groups is 1. The molecule has 6 aromatic rings. The molecule has 5 N–H and O–H groups in total. The molecule has 0 radical (unpaired) electrons. The lowest BCUT2D eigenvalue weighted by molar-refractivity contribution is 0.199. The van der Waals surface area contributed by atoms with E-state index in [0.717, 1.165) is 39.5 Å². The van der Waals surface area contributed by atoms with Crippen LogP contribution in [0.2, 0.25) is 0 Å². The molecule has 4 heterocycles. The monoisotopic (exact) mass is 585 g/mol. The third kappa shape index (κ3) is 5.73. The fourth-order valence-electron chi connectivity index (χ4n) is 4.86. The zero-order valence-electron chi connectivity index (χ0n) is 22.8. The molecule has 2 aromatic carbocycles. The highest BCUT2D eigenvalue weighted by Gasteiger charge is 2.16. The molecule has 0 aliphatic heterocycles. The van der Waals surface area contributed by atoms with Crippen LogP contribution >= 0.6 is 0 Å². The van der Waals surface area contributed by atoms with Gasteiger partial charge in [0.1, 0.15) is 23.3 Å². The van der Waals surface area contributed by atoms with Gasteiger partial charge in [-0.15, -0.1) is 0 Å². The predicted octanol–water partition coefficient (Wildman–Crippen LogP) is 5.16. The second kappa shape index (κ2) is 11.0. The third-order valence-electron chi connectivity index (χ3n) is 6.89. The first-order valence-corrected chi connectivity index (χ1v) is 15.2. The van der Waals surface area contributed by atoms with E-state index in [1.807, 2.05) is 49.4 Å². The van der Waals surface area contributed by atoms with Crippen LogP contribution in [0.15, 0.2) is 73.1 Å². The number of benzene rings is 2. The van der Waals surface area contributed by atoms with Gasteiger partial charge < -0.3 is 15.4 Å². The molecule has 0 spiro atoms. The highest BCUT2D eigenvalue weighted by atomic mass is 32.2. The number of aromatic amines is 2. The molecule has 4 aromatic heterocycles. The van der Waals surface area contributed by atoms with E-state index >= 15 is 0 Å². The van der Waals surface area contributed by atoms with Crippen molar-refractivity contribution in [3.63, 3.8) is 0 Å². The summed E-state index contributed by atoms with van der Waals surface area (Å²) in [5, 5.41) is 21.4. The molecule has 42 heavy (non-hydrogen) atoms. The van der Waals surface area contributed by atoms with Gasteiger partial charge in [0.25, 0.3) is 0 Å². The van der Waals surface area contributed by atoms with Crippen molar-refractivity contribution in [3.8, 4) is 33.8 Å². The van der Waals surface area contributed by atoms with E-state index in [2.05, 4.69) is 30.2 Å². The number of aliphatic hydroxyl groups excluding tert-OH is 1. The zero-order valence-corrected chi connectivity index (χ0v) is 23.6. The Balaban J connectivity index is 1.38. The number of fused-ring (bicyclic) bond motifs is 2. The van der Waals surface area contributed by atoms with Crippen molar-refractivity contribution in [2.24, 2.45) is 0 Å². The number of halogens is 1. The lowest BCUT2D eigenvalue weighted by atomic mass is 9.99. The fourth-order valence-corrected chi connectivity index (χ4v) is 5.29. The standard InChI is InChI=1S/C30H28FN7O3S/c1-3-28(39)34-21-12-19(15-32-16-21)24-7-8-26-29(36-24)30(38-37-26)27-13-23-22(5-4-6-25(23)35-27)18-9-17(10-20(31)11-18)14-33-42(2,40)41/h4-13,15-16,28,33-35,39H,3,14H2,1-2H3,(H,37,38). The van der Waals surface area contributed by atoms with Gasteiger partial charge in [0.05, 0.1) is 35.0 Å². The van der Waals surface area contributed by atoms with Crippen LogP contribution in [0, 0.1) is 5.82 Å². The summed E-state index contributed by atoms with van der Waals surface area (Å²) in [6, 6.07) is 17.8. The van der Waals surface area contributed by atoms with E-state index < -0.39 is 22.1 Å². The maximum absolute atomic E-state index is 14.6. The van der Waals surface area contributed by atoms with Gasteiger partial charge in [0.2, 0.25) is 10.0 Å². The van der Waals surface area contributed by atoms with Gasteiger partial charge in [0.15, 0.2) is 0 Å². The number of pyridine rings is 2. The van der Waals surface area contributed by atoms with Crippen molar-refractivity contribution in [1.82, 2.24) is 29.9 Å². The average molecular weight is 586 g/mol. The summed E-state index contributed by atoms with van der Waals surface area (Å²) in [6.45, 7) is 1.87. The van der Waals surface area contributed by atoms with Gasteiger partial charge in [-0.1, -0.05) is 19.1 Å². The summed E-state index contributed by atoms with van der Waals surface area (Å²) in [5.41, 5.74) is 7.67. The van der Waals surface area contributed by atoms with E-state index in [4.69, 9.17) is 4.98 Å². The van der Waals surface area contributed by atoms with Gasteiger partial charge in [-0.3, -0.25) is 10.1 Å². The average Bonchev–Trinajstić information content (AvgIpc) is 3.59. The maximum atomic E-state index is 14.6. The van der Waals surface area contributed by atoms with Gasteiger partial charge >= 0.3 is 0 Å². The first-order chi connectivity index (χ1) is 20.2. The molecule has 12 heteroatoms. The summed E-state index contributed by atoms with van der Waals surface area (Å²) in [5.74, 6) is -0.460. The number of anilines is 1. The SMILES string of the molecule is CCC(O)Nc1cncc(-c2ccc3[nH]nc(-c4cc5c(-c6cc(F)cc(CNS(C)(=O)=O)c6)cccc5[nH]4)c3n2)c1. The van der Waals surface area contributed by atoms with E-state index in [1.165, 1.54) is 12.1 Å². The lowest BCUT2D eigenvalue weighted by Crippen LogP contribution is -2.21. The van der Waals surface area contributed by atoms with Crippen LogP contribution in [0.1, 0.15) is 18.9 Å². The second-order valence-electron chi connectivity index (χ2n) is 10.1. The van der Waals surface area contributed by atoms with Crippen LogP contribution in [0.5, 0.6) is 0 Å². The molecule has 1 unspecified atom stereocenters. The Morgan fingerprint density at radius 3 is 2.69 bits per heavy atom. The van der Waals surface area contributed by atoms with Gasteiger partial charge in [0, 0.05) is 29.2 Å². The maximum Gasteiger partial charge on any atom is 0.209 e. The molecule has 1 atom stereocenters. The Morgan fingerprint density at radius 2 is 1.88 bits per heavy atom. The Hall–Kier alpha value is -4.65. The molecule has 0 aliphatic carbocycles. The molecule has 0 saturated carbocycles. The molecule has 0 aliphatic rings. The number of hydrogen-bond donors (Lipinski definition) is 5. The minimum atomic E-state index is -3.43. The van der Waals surface area contributed by atoms with Crippen LogP contribution < -0.4 is 10.0 Å². The predicted molar refractivity (Wildman–Crippen MR) is 161 cm³/mol. The summed E-state index contributed by atoms with van der Waals surface area (Å²) in [6.07, 6.45) is 4.31. The van der Waals surface area contributed by atoms with Gasteiger partial charge in [-0.25, -0.2) is 22.5 Å². The molecule has 0 fully saturated rings. The Morgan fingerprint density at radius 1 is 1.02 bits per heavy atom. The van der Waals surface area contributed by atoms with E-state index in [0.29, 0.717) is 40.1 Å². The van der Waals surface area contributed by atoms with Crippen LogP contribution in [0.25, 0.3) is 55.7 Å². The highest BCUT2D eigenvalue weighted by molar-refractivity contribution is 7.88. The van der Waals surface area contributed by atoms with Crippen molar-refractivity contribution in [3.05, 3.63) is 84.4 Å². The summed E-state index contributed by atoms with van der Waals surface area (Å²) in [7, 11) is -3.43. The van der Waals surface area contributed by atoms with Gasteiger partial charge in [-0.05, 0) is 71.6 Å². The number of aromatic nitrogens is 5. The number of nitrogens with one attached hydrogen (secondary N) is 4. The summed E-state index contributed by atoms with van der Waals surface area (Å²) in [4.78, 5) is 12.6. The lowest BCUT2D eigenvalue weighted by Gasteiger charge is -2.12. The van der Waals surface area contributed by atoms with Gasteiger partial charge in [-0.2, -0.15) is 5.10 Å². The Kier molecular flexibility index (Phi) is 7.19. The minimum Gasteiger partial charge on any atom is -0.374 e. The highest BCUT2D eigenvalue weighted by Crippen LogP contribution is 2.35. The van der Waals surface area contributed by atoms with Crippen molar-refractivity contribution in [2.75, 3.05) is 11.6 Å². The number of H-pyrrole nitrogens is 2. The van der Waals surface area contributed by atoms with Crippen LogP contribution in [0.3, 0.4) is 0 Å². The number of nitrogens with zero attached hydrogens (tertiary/aromatic N) is 3. The smallest absolute Gasteiger partial charge is 0.209 e. The zero-order chi connectivity index (χ0) is 29.4. The summed E-state index contributed by atoms with van der Waals surface area (Å²) < 4.78 is 40.1. The quantitative estimate of drug-likeness (QED) is 0.147. The first-order valence-electron chi connectivity index (χ1n) is 13.3. The molecular formula is C30H28FN7O3S. The van der Waals surface area contributed by atoms with Crippen LogP contribution in [0.4, 0.5) is 10.1 Å². The number of hydrogen-bond acceptors (Lipinski definition) is 7. The van der Waals surface area contributed by atoms with Crippen LogP contribution in [-0.2, 0) is 16.6 Å². The molecule has 0 bridgehead atoms.